The zero-order valence-electron chi connectivity index (χ0n) is 43.5. The summed E-state index contributed by atoms with van der Waals surface area (Å²) >= 11 is 3.42. The Bertz CT molecular complexity index is 2240. The summed E-state index contributed by atoms with van der Waals surface area (Å²) in [6.45, 7) is 18.1. The van der Waals surface area contributed by atoms with Gasteiger partial charge in [-0.3, -0.25) is 9.59 Å². The zero-order valence-corrected chi connectivity index (χ0v) is 45.1. The number of hydrogen-bond donors (Lipinski definition) is 2. The molecule has 0 saturated heterocycles. The van der Waals surface area contributed by atoms with Crippen LogP contribution in [0.2, 0.25) is 0 Å². The number of hydrogen-bond acceptors (Lipinski definition) is 8. The Labute approximate surface area is 418 Å². The van der Waals surface area contributed by atoms with Gasteiger partial charge in [0.25, 0.3) is 11.8 Å². The van der Waals surface area contributed by atoms with E-state index in [9.17, 15) is 0 Å². The zero-order chi connectivity index (χ0) is 48.8. The lowest BCUT2D eigenvalue weighted by Crippen LogP contribution is -2.35. The van der Waals surface area contributed by atoms with Crippen LogP contribution in [0.25, 0.3) is 31.4 Å². The van der Waals surface area contributed by atoms with E-state index < -0.39 is 11.1 Å². The van der Waals surface area contributed by atoms with Crippen LogP contribution >= 0.6 is 22.7 Å². The highest BCUT2D eigenvalue weighted by Crippen LogP contribution is 2.50. The van der Waals surface area contributed by atoms with Crippen molar-refractivity contribution in [2.45, 2.75) is 221 Å². The topological polar surface area (TPSA) is 119 Å². The number of carbonyl (C=O) groups excluding carboxylic acids is 2. The van der Waals surface area contributed by atoms with E-state index >= 15 is 9.59 Å². The van der Waals surface area contributed by atoms with Crippen LogP contribution in [0.5, 0.6) is 0 Å². The first-order valence-corrected chi connectivity index (χ1v) is 28.8. The predicted octanol–water partition coefficient (Wildman–Crippen LogP) is 16.7. The maximum Gasteiger partial charge on any atom is 0.261 e. The van der Waals surface area contributed by atoms with Gasteiger partial charge in [-0.15, -0.1) is 22.7 Å². The van der Waals surface area contributed by atoms with Gasteiger partial charge in [-0.05, 0) is 102 Å². The van der Waals surface area contributed by atoms with E-state index in [0.29, 0.717) is 64.7 Å². The maximum atomic E-state index is 15.6. The third-order valence-corrected chi connectivity index (χ3v) is 17.0. The summed E-state index contributed by atoms with van der Waals surface area (Å²) in [4.78, 5) is 37.3. The number of unbranched alkanes of at least 4 members (excludes halogenated alkanes) is 16. The van der Waals surface area contributed by atoms with Crippen LogP contribution in [-0.4, -0.2) is 34.7 Å². The number of rotatable bonds is 33. The molecule has 2 atom stereocenters. The largest absolute Gasteiger partial charge is 0.458 e. The Kier molecular flexibility index (Phi) is 20.3. The summed E-state index contributed by atoms with van der Waals surface area (Å²) in [5.74, 6) is 2.77. The Morgan fingerprint density at radius 1 is 0.500 bits per heavy atom. The SMILES string of the molecule is CCCCCCCCC(CCCCCC)CN1C(=O)C2=C(c3ccc(C(C)(C)N)o3)N(CC(CCCCCC)CCCCCCCC)C(=O)C2=C1c1ccc(-c2cc3sc(C(C)(C)N)cc3s2)o1. The summed E-state index contributed by atoms with van der Waals surface area (Å²) in [5, 5.41) is 0. The minimum absolute atomic E-state index is 0.130. The second-order valence-corrected chi connectivity index (χ2v) is 23.7. The molecule has 0 spiro atoms. The Morgan fingerprint density at radius 3 is 1.32 bits per heavy atom. The van der Waals surface area contributed by atoms with Gasteiger partial charge >= 0.3 is 0 Å². The number of thiophene rings is 2. The molecule has 0 radical (unpaired) electrons. The van der Waals surface area contributed by atoms with Crippen molar-refractivity contribution in [1.82, 2.24) is 9.80 Å². The highest BCUT2D eigenvalue weighted by atomic mass is 32.1. The molecule has 10 heteroatoms. The van der Waals surface area contributed by atoms with Crippen LogP contribution in [-0.2, 0) is 20.7 Å². The summed E-state index contributed by atoms with van der Waals surface area (Å²) in [7, 11) is 0. The molecule has 2 aliphatic heterocycles. The first-order valence-electron chi connectivity index (χ1n) is 27.1. The van der Waals surface area contributed by atoms with Gasteiger partial charge in [0.15, 0.2) is 11.5 Å². The molecule has 4 N–H and O–H groups in total. The molecule has 0 aromatic carbocycles. The Hall–Kier alpha value is -3.44. The van der Waals surface area contributed by atoms with Gasteiger partial charge in [-0.2, -0.15) is 0 Å². The third-order valence-electron chi connectivity index (χ3n) is 14.3. The van der Waals surface area contributed by atoms with E-state index in [0.717, 1.165) is 66.9 Å². The molecule has 68 heavy (non-hydrogen) atoms. The molecule has 2 aliphatic rings. The van der Waals surface area contributed by atoms with Gasteiger partial charge in [-0.25, -0.2) is 0 Å². The summed E-state index contributed by atoms with van der Waals surface area (Å²) < 4.78 is 15.9. The van der Waals surface area contributed by atoms with E-state index in [-0.39, 0.29) is 11.8 Å². The molecule has 0 fully saturated rings. The number of nitrogens with zero attached hydrogens (tertiary/aromatic N) is 2. The molecule has 0 bridgehead atoms. The van der Waals surface area contributed by atoms with E-state index in [1.807, 2.05) is 61.8 Å². The molecule has 6 heterocycles. The molecule has 376 valence electrons. The monoisotopic (exact) mass is 969 g/mol. The van der Waals surface area contributed by atoms with Crippen LogP contribution < -0.4 is 11.5 Å². The van der Waals surface area contributed by atoms with Gasteiger partial charge in [0.2, 0.25) is 0 Å². The average molecular weight is 969 g/mol. The van der Waals surface area contributed by atoms with E-state index in [4.69, 9.17) is 20.3 Å². The fourth-order valence-corrected chi connectivity index (χ4v) is 12.6. The van der Waals surface area contributed by atoms with Gasteiger partial charge in [0.1, 0.15) is 22.9 Å². The summed E-state index contributed by atoms with van der Waals surface area (Å²) in [6, 6.07) is 12.2. The molecule has 0 aliphatic carbocycles. The van der Waals surface area contributed by atoms with Gasteiger partial charge in [0, 0.05) is 32.9 Å². The van der Waals surface area contributed by atoms with Crippen molar-refractivity contribution in [3.63, 3.8) is 0 Å². The van der Waals surface area contributed by atoms with Gasteiger partial charge < -0.3 is 30.1 Å². The second-order valence-electron chi connectivity index (χ2n) is 21.5. The van der Waals surface area contributed by atoms with Crippen molar-refractivity contribution < 1.29 is 18.4 Å². The van der Waals surface area contributed by atoms with Crippen molar-refractivity contribution in [2.24, 2.45) is 23.3 Å². The van der Waals surface area contributed by atoms with Crippen molar-refractivity contribution in [3.8, 4) is 10.6 Å². The van der Waals surface area contributed by atoms with Crippen molar-refractivity contribution in [2.75, 3.05) is 13.1 Å². The molecule has 4 aromatic heterocycles. The van der Waals surface area contributed by atoms with Crippen molar-refractivity contribution in [1.29, 1.82) is 0 Å². The standard InChI is InChI=1S/C58H88N4O4S2/c1-9-13-17-21-23-27-31-41(29-25-19-15-11-3)39-61-53(44-34-33-43(65-44)46-37-47-48(67-46)38-50(68-47)58(7,8)60)51-52(56(61)64)54(45-35-36-49(66-45)57(5,6)59)62(55(51)63)40-42(30-26-20-16-12-4)32-28-24-22-18-14-10-2/h33-38,41-42H,9-32,39-40,59-60H2,1-8H3. The molecular weight excluding hydrogens is 881 g/mol. The molecular formula is C58H88N4O4S2. The normalized spacial score (nSPS) is 15.6. The van der Waals surface area contributed by atoms with Crippen molar-refractivity contribution >= 4 is 55.3 Å². The third kappa shape index (κ3) is 13.9. The summed E-state index contributed by atoms with van der Waals surface area (Å²) in [5.41, 5.74) is 14.1. The van der Waals surface area contributed by atoms with Crippen LogP contribution in [0.4, 0.5) is 0 Å². The lowest BCUT2D eigenvalue weighted by molar-refractivity contribution is -0.124. The first-order chi connectivity index (χ1) is 32.7. The maximum absolute atomic E-state index is 15.6. The number of furan rings is 2. The van der Waals surface area contributed by atoms with Crippen LogP contribution in [0, 0.1) is 11.8 Å². The number of amides is 2. The van der Waals surface area contributed by atoms with Crippen LogP contribution in [0.3, 0.4) is 0 Å². The molecule has 2 amide bonds. The number of nitrogens with two attached hydrogens (primary N) is 2. The number of fused-ring (bicyclic) bond motifs is 2. The molecule has 8 nitrogen and oxygen atoms in total. The summed E-state index contributed by atoms with van der Waals surface area (Å²) in [6.07, 6.45) is 28.4. The van der Waals surface area contributed by atoms with Crippen LogP contribution in [0.1, 0.15) is 232 Å². The van der Waals surface area contributed by atoms with Gasteiger partial charge in [0.05, 0.1) is 21.6 Å². The van der Waals surface area contributed by atoms with E-state index in [1.165, 1.54) is 112 Å². The Balaban J connectivity index is 1.44. The molecule has 0 saturated carbocycles. The minimum Gasteiger partial charge on any atom is -0.458 e. The van der Waals surface area contributed by atoms with Crippen LogP contribution in [0.15, 0.2) is 56.4 Å². The minimum atomic E-state index is -0.740. The lowest BCUT2D eigenvalue weighted by Gasteiger charge is -2.29. The smallest absolute Gasteiger partial charge is 0.261 e. The quantitative estimate of drug-likeness (QED) is 0.0459. The Morgan fingerprint density at radius 2 is 0.897 bits per heavy atom. The van der Waals surface area contributed by atoms with Gasteiger partial charge in [-0.1, -0.05) is 156 Å². The lowest BCUT2D eigenvalue weighted by atomic mass is 9.93. The van der Waals surface area contributed by atoms with E-state index in [1.54, 1.807) is 22.7 Å². The van der Waals surface area contributed by atoms with Crippen molar-refractivity contribution in [3.05, 3.63) is 69.7 Å². The highest BCUT2D eigenvalue weighted by Gasteiger charge is 2.51. The fourth-order valence-electron chi connectivity index (χ4n) is 10.3. The molecule has 4 aromatic rings. The average Bonchev–Trinajstić information content (AvgIpc) is 4.16. The molecule has 6 rings (SSSR count). The number of carbonyl (C=O) groups is 2. The second kappa shape index (κ2) is 25.6. The predicted molar refractivity (Wildman–Crippen MR) is 288 cm³/mol. The highest BCUT2D eigenvalue weighted by molar-refractivity contribution is 7.29. The fraction of sp³-hybridized carbons (Fsp3) is 0.655. The molecule has 2 unspecified atom stereocenters. The first kappa shape index (κ1) is 53.9. The van der Waals surface area contributed by atoms with E-state index in [2.05, 4.69) is 39.8 Å².